The van der Waals surface area contributed by atoms with E-state index in [1.165, 1.54) is 0 Å². The molecule has 0 fully saturated rings. The SMILES string of the molecule is CCc1nc2cc(S)ccc2o1. The third kappa shape index (κ3) is 1.20. The number of hydrogen-bond donors (Lipinski definition) is 1. The lowest BCUT2D eigenvalue weighted by Gasteiger charge is -1.86. The summed E-state index contributed by atoms with van der Waals surface area (Å²) in [6.45, 7) is 2.02. The zero-order valence-corrected chi connectivity index (χ0v) is 7.64. The van der Waals surface area contributed by atoms with Gasteiger partial charge in [-0.05, 0) is 18.2 Å². The minimum atomic E-state index is 0.781. The van der Waals surface area contributed by atoms with E-state index in [-0.39, 0.29) is 0 Å². The molecule has 1 heterocycles. The van der Waals surface area contributed by atoms with E-state index in [4.69, 9.17) is 4.42 Å². The number of rotatable bonds is 1. The van der Waals surface area contributed by atoms with Crippen molar-refractivity contribution in [2.75, 3.05) is 0 Å². The van der Waals surface area contributed by atoms with Gasteiger partial charge in [-0.15, -0.1) is 12.6 Å². The van der Waals surface area contributed by atoms with Crippen LogP contribution in [-0.4, -0.2) is 4.98 Å². The van der Waals surface area contributed by atoms with Crippen molar-refractivity contribution in [3.8, 4) is 0 Å². The summed E-state index contributed by atoms with van der Waals surface area (Å²) in [7, 11) is 0. The molecule has 0 atom stereocenters. The van der Waals surface area contributed by atoms with Gasteiger partial charge in [0.05, 0.1) is 0 Å². The largest absolute Gasteiger partial charge is 0.441 e. The second kappa shape index (κ2) is 2.83. The monoisotopic (exact) mass is 179 g/mol. The lowest BCUT2D eigenvalue weighted by atomic mass is 10.3. The quantitative estimate of drug-likeness (QED) is 0.681. The van der Waals surface area contributed by atoms with Crippen molar-refractivity contribution in [1.82, 2.24) is 4.98 Å². The summed E-state index contributed by atoms with van der Waals surface area (Å²) in [5, 5.41) is 0. The van der Waals surface area contributed by atoms with Gasteiger partial charge in [-0.1, -0.05) is 6.92 Å². The topological polar surface area (TPSA) is 26.0 Å². The molecule has 0 saturated heterocycles. The van der Waals surface area contributed by atoms with Gasteiger partial charge < -0.3 is 4.42 Å². The zero-order valence-electron chi connectivity index (χ0n) is 6.74. The van der Waals surface area contributed by atoms with Crippen molar-refractivity contribution in [2.45, 2.75) is 18.2 Å². The van der Waals surface area contributed by atoms with Gasteiger partial charge >= 0.3 is 0 Å². The van der Waals surface area contributed by atoms with Gasteiger partial charge in [0.1, 0.15) is 5.52 Å². The summed E-state index contributed by atoms with van der Waals surface area (Å²) in [5.74, 6) is 0.781. The number of benzene rings is 1. The van der Waals surface area contributed by atoms with Gasteiger partial charge in [-0.25, -0.2) is 4.98 Å². The molecule has 0 amide bonds. The Labute approximate surface area is 76.0 Å². The molecule has 0 N–H and O–H groups in total. The summed E-state index contributed by atoms with van der Waals surface area (Å²) < 4.78 is 5.43. The number of aromatic nitrogens is 1. The molecule has 2 rings (SSSR count). The van der Waals surface area contributed by atoms with Crippen molar-refractivity contribution < 1.29 is 4.42 Å². The maximum atomic E-state index is 5.43. The molecule has 2 nitrogen and oxygen atoms in total. The van der Waals surface area contributed by atoms with Crippen LogP contribution in [0.5, 0.6) is 0 Å². The van der Waals surface area contributed by atoms with Crippen LogP contribution in [-0.2, 0) is 6.42 Å². The Morgan fingerprint density at radius 3 is 3.08 bits per heavy atom. The highest BCUT2D eigenvalue weighted by molar-refractivity contribution is 7.80. The van der Waals surface area contributed by atoms with Crippen LogP contribution in [0.4, 0.5) is 0 Å². The van der Waals surface area contributed by atoms with E-state index in [1.807, 2.05) is 25.1 Å². The summed E-state index contributed by atoms with van der Waals surface area (Å²) >= 11 is 4.22. The standard InChI is InChI=1S/C9H9NOS/c1-2-9-10-7-5-6(12)3-4-8(7)11-9/h3-5,12H,2H2,1H3. The van der Waals surface area contributed by atoms with Crippen LogP contribution in [0, 0.1) is 0 Å². The number of hydrogen-bond acceptors (Lipinski definition) is 3. The van der Waals surface area contributed by atoms with Gasteiger partial charge in [0.25, 0.3) is 0 Å². The molecule has 3 heteroatoms. The molecule has 0 radical (unpaired) electrons. The van der Waals surface area contributed by atoms with Crippen LogP contribution in [0.25, 0.3) is 11.1 Å². The van der Waals surface area contributed by atoms with Gasteiger partial charge in [0.2, 0.25) is 0 Å². The molecule has 0 aliphatic rings. The second-order valence-electron chi connectivity index (χ2n) is 2.61. The maximum Gasteiger partial charge on any atom is 0.195 e. The van der Waals surface area contributed by atoms with E-state index in [0.717, 1.165) is 28.3 Å². The molecule has 1 aromatic heterocycles. The van der Waals surface area contributed by atoms with E-state index in [0.29, 0.717) is 0 Å². The van der Waals surface area contributed by atoms with E-state index < -0.39 is 0 Å². The smallest absolute Gasteiger partial charge is 0.195 e. The lowest BCUT2D eigenvalue weighted by Crippen LogP contribution is -1.75. The Morgan fingerprint density at radius 2 is 2.33 bits per heavy atom. The first-order valence-corrected chi connectivity index (χ1v) is 4.32. The highest BCUT2D eigenvalue weighted by Crippen LogP contribution is 2.18. The van der Waals surface area contributed by atoms with Crippen molar-refractivity contribution in [2.24, 2.45) is 0 Å². The van der Waals surface area contributed by atoms with Gasteiger partial charge in [-0.2, -0.15) is 0 Å². The first kappa shape index (κ1) is 7.68. The molecular weight excluding hydrogens is 170 g/mol. The van der Waals surface area contributed by atoms with Crippen LogP contribution >= 0.6 is 12.6 Å². The Balaban J connectivity index is 2.67. The Bertz CT molecular complexity index is 408. The number of nitrogens with zero attached hydrogens (tertiary/aromatic N) is 1. The van der Waals surface area contributed by atoms with Crippen LogP contribution in [0.15, 0.2) is 27.5 Å². The molecule has 0 aliphatic heterocycles. The minimum absolute atomic E-state index is 0.781. The average Bonchev–Trinajstić information content (AvgIpc) is 2.46. The Hall–Kier alpha value is -0.960. The second-order valence-corrected chi connectivity index (χ2v) is 3.13. The fourth-order valence-corrected chi connectivity index (χ4v) is 1.31. The van der Waals surface area contributed by atoms with Gasteiger partial charge in [-0.3, -0.25) is 0 Å². The molecule has 12 heavy (non-hydrogen) atoms. The summed E-state index contributed by atoms with van der Waals surface area (Å²) in [6.07, 6.45) is 0.830. The third-order valence-corrected chi connectivity index (χ3v) is 2.00. The van der Waals surface area contributed by atoms with Crippen LogP contribution in [0.2, 0.25) is 0 Å². The minimum Gasteiger partial charge on any atom is -0.441 e. The van der Waals surface area contributed by atoms with E-state index in [9.17, 15) is 0 Å². The number of thiol groups is 1. The van der Waals surface area contributed by atoms with Gasteiger partial charge in [0, 0.05) is 11.3 Å². The summed E-state index contributed by atoms with van der Waals surface area (Å²) in [5.41, 5.74) is 1.73. The maximum absolute atomic E-state index is 5.43. The number of oxazole rings is 1. The molecule has 62 valence electrons. The van der Waals surface area contributed by atoms with Crippen molar-refractivity contribution in [3.63, 3.8) is 0 Å². The first-order chi connectivity index (χ1) is 5.79. The molecule has 1 aromatic carbocycles. The Morgan fingerprint density at radius 1 is 1.50 bits per heavy atom. The molecule has 0 spiro atoms. The Kier molecular flexibility index (Phi) is 1.81. The highest BCUT2D eigenvalue weighted by atomic mass is 32.1. The van der Waals surface area contributed by atoms with E-state index in [2.05, 4.69) is 17.6 Å². The van der Waals surface area contributed by atoms with Crippen LogP contribution in [0.1, 0.15) is 12.8 Å². The van der Waals surface area contributed by atoms with Gasteiger partial charge in [0.15, 0.2) is 11.5 Å². The van der Waals surface area contributed by atoms with E-state index in [1.54, 1.807) is 0 Å². The van der Waals surface area contributed by atoms with Crippen molar-refractivity contribution in [3.05, 3.63) is 24.1 Å². The van der Waals surface area contributed by atoms with Crippen LogP contribution in [0.3, 0.4) is 0 Å². The van der Waals surface area contributed by atoms with Crippen molar-refractivity contribution >= 4 is 23.7 Å². The van der Waals surface area contributed by atoms with E-state index >= 15 is 0 Å². The fraction of sp³-hybridized carbons (Fsp3) is 0.222. The molecular formula is C9H9NOS. The number of aryl methyl sites for hydroxylation is 1. The highest BCUT2D eigenvalue weighted by Gasteiger charge is 2.02. The normalized spacial score (nSPS) is 10.8. The average molecular weight is 179 g/mol. The molecule has 0 aliphatic carbocycles. The van der Waals surface area contributed by atoms with Crippen LogP contribution < -0.4 is 0 Å². The molecule has 0 saturated carbocycles. The number of fused-ring (bicyclic) bond motifs is 1. The zero-order chi connectivity index (χ0) is 8.55. The summed E-state index contributed by atoms with van der Waals surface area (Å²) in [4.78, 5) is 5.19. The molecule has 0 bridgehead atoms. The molecule has 0 unspecified atom stereocenters. The van der Waals surface area contributed by atoms with Crippen molar-refractivity contribution in [1.29, 1.82) is 0 Å². The predicted octanol–water partition coefficient (Wildman–Crippen LogP) is 2.68. The fourth-order valence-electron chi connectivity index (χ4n) is 1.11. The predicted molar refractivity (Wildman–Crippen MR) is 50.6 cm³/mol. The molecule has 2 aromatic rings. The lowest BCUT2D eigenvalue weighted by molar-refractivity contribution is 0.538. The first-order valence-electron chi connectivity index (χ1n) is 3.88. The third-order valence-electron chi connectivity index (χ3n) is 1.72. The summed E-state index contributed by atoms with van der Waals surface area (Å²) in [6, 6.07) is 5.70.